The van der Waals surface area contributed by atoms with Crippen LogP contribution in [0.5, 0.6) is 23.0 Å². The highest BCUT2D eigenvalue weighted by molar-refractivity contribution is 6.98. The molecule has 2 aliphatic heterocycles. The van der Waals surface area contributed by atoms with Gasteiger partial charge in [-0.3, -0.25) is 0 Å². The molecule has 0 unspecified atom stereocenters. The van der Waals surface area contributed by atoms with Crippen molar-refractivity contribution in [2.24, 2.45) is 0 Å². The molecular formula is C44H32BNO2. The number of benzene rings is 7. The van der Waals surface area contributed by atoms with E-state index in [9.17, 15) is 0 Å². The van der Waals surface area contributed by atoms with Gasteiger partial charge < -0.3 is 14.4 Å². The first-order chi connectivity index (χ1) is 23.5. The topological polar surface area (TPSA) is 21.7 Å². The van der Waals surface area contributed by atoms with Crippen LogP contribution < -0.4 is 30.8 Å². The third kappa shape index (κ3) is 3.77. The monoisotopic (exact) mass is 617 g/mol. The predicted octanol–water partition coefficient (Wildman–Crippen LogP) is 9.65. The quantitative estimate of drug-likeness (QED) is 0.184. The van der Waals surface area contributed by atoms with Gasteiger partial charge in [0.1, 0.15) is 23.0 Å². The van der Waals surface area contributed by atoms with Crippen LogP contribution in [0.1, 0.15) is 30.5 Å². The minimum atomic E-state index is -0.250. The second-order valence-corrected chi connectivity index (χ2v) is 13.8. The molecule has 0 atom stereocenters. The van der Waals surface area contributed by atoms with Crippen molar-refractivity contribution in [1.82, 2.24) is 0 Å². The SMILES string of the molecule is Cc1ccc2c(c1)B1c3cc4c(cc3Oc3cccc(c31)O2)-c1ccc(N(c2ccccc2)c2ccccc2)c2cccc(c12)C4(C)C. The lowest BCUT2D eigenvalue weighted by molar-refractivity contribution is 0.464. The van der Waals surface area contributed by atoms with Crippen LogP contribution in [0.2, 0.25) is 0 Å². The Bertz CT molecular complexity index is 2410. The third-order valence-corrected chi connectivity index (χ3v) is 10.6. The zero-order chi connectivity index (χ0) is 32.1. The number of para-hydroxylation sites is 2. The summed E-state index contributed by atoms with van der Waals surface area (Å²) < 4.78 is 13.2. The lowest BCUT2D eigenvalue weighted by Crippen LogP contribution is -2.57. The van der Waals surface area contributed by atoms with Crippen LogP contribution in [0.15, 0.2) is 140 Å². The van der Waals surface area contributed by atoms with E-state index < -0.39 is 0 Å². The van der Waals surface area contributed by atoms with E-state index in [1.54, 1.807) is 0 Å². The molecule has 7 aromatic rings. The molecule has 3 aliphatic rings. The Labute approximate surface area is 281 Å². The van der Waals surface area contributed by atoms with Crippen molar-refractivity contribution in [2.75, 3.05) is 4.90 Å². The summed E-state index contributed by atoms with van der Waals surface area (Å²) in [5.41, 5.74) is 13.0. The predicted molar refractivity (Wildman–Crippen MR) is 199 cm³/mol. The van der Waals surface area contributed by atoms with Crippen molar-refractivity contribution >= 4 is 50.9 Å². The molecule has 0 N–H and O–H groups in total. The van der Waals surface area contributed by atoms with Gasteiger partial charge >= 0.3 is 0 Å². The Morgan fingerprint density at radius 3 is 1.94 bits per heavy atom. The number of aryl methyl sites for hydroxylation is 1. The summed E-state index contributed by atoms with van der Waals surface area (Å²) in [5, 5.41) is 2.54. The van der Waals surface area contributed by atoms with E-state index in [1.807, 2.05) is 6.07 Å². The van der Waals surface area contributed by atoms with Gasteiger partial charge in [-0.1, -0.05) is 104 Å². The van der Waals surface area contributed by atoms with Crippen LogP contribution in [0, 0.1) is 6.92 Å². The number of anilines is 3. The fourth-order valence-corrected chi connectivity index (χ4v) is 8.40. The highest BCUT2D eigenvalue weighted by Gasteiger charge is 2.43. The van der Waals surface area contributed by atoms with E-state index in [1.165, 1.54) is 49.5 Å². The Balaban J connectivity index is 1.22. The maximum Gasteiger partial charge on any atom is 0.260 e. The largest absolute Gasteiger partial charge is 0.458 e. The second-order valence-electron chi connectivity index (χ2n) is 13.8. The third-order valence-electron chi connectivity index (χ3n) is 10.6. The van der Waals surface area contributed by atoms with Crippen LogP contribution in [0.4, 0.5) is 17.1 Å². The molecule has 48 heavy (non-hydrogen) atoms. The minimum absolute atomic E-state index is 0.0366. The molecule has 3 nitrogen and oxygen atoms in total. The molecule has 7 aromatic carbocycles. The molecular weight excluding hydrogens is 585 g/mol. The van der Waals surface area contributed by atoms with Crippen molar-refractivity contribution in [3.05, 3.63) is 156 Å². The van der Waals surface area contributed by atoms with Crippen molar-refractivity contribution in [2.45, 2.75) is 26.2 Å². The molecule has 0 saturated carbocycles. The molecule has 0 amide bonds. The van der Waals surface area contributed by atoms with Crippen LogP contribution in [-0.4, -0.2) is 6.71 Å². The second kappa shape index (κ2) is 9.89. The fraction of sp³-hybridized carbons (Fsp3) is 0.0909. The lowest BCUT2D eigenvalue weighted by atomic mass is 9.34. The first-order valence-electron chi connectivity index (χ1n) is 16.7. The number of fused-ring (bicyclic) bond motifs is 6. The van der Waals surface area contributed by atoms with Gasteiger partial charge in [0.25, 0.3) is 6.71 Å². The summed E-state index contributed by atoms with van der Waals surface area (Å²) in [4.78, 5) is 2.38. The average Bonchev–Trinajstić information content (AvgIpc) is 3.11. The highest BCUT2D eigenvalue weighted by atomic mass is 16.5. The molecule has 10 rings (SSSR count). The van der Waals surface area contributed by atoms with Crippen LogP contribution in [-0.2, 0) is 5.41 Å². The molecule has 1 aliphatic carbocycles. The molecule has 2 heterocycles. The molecule has 228 valence electrons. The first kappa shape index (κ1) is 27.4. The molecule has 0 aromatic heterocycles. The standard InChI is InChI=1S/C44H32BNO2/c1-27-20-23-38-35(24-27)45-36-26-34-32(25-41(36)48-40-19-11-18-39(47-38)43(40)45)30-21-22-37(31-16-10-17-33(42(30)31)44(34,2)3)46(28-12-6-4-7-13-28)29-14-8-5-9-15-29/h4-26H,1-3H3. The summed E-state index contributed by atoms with van der Waals surface area (Å²) in [6.07, 6.45) is 0. The van der Waals surface area contributed by atoms with E-state index in [0.717, 1.165) is 45.5 Å². The van der Waals surface area contributed by atoms with E-state index >= 15 is 0 Å². The van der Waals surface area contributed by atoms with Gasteiger partial charge in [-0.2, -0.15) is 0 Å². The Kier molecular flexibility index (Phi) is 5.64. The fourth-order valence-electron chi connectivity index (χ4n) is 8.40. The molecule has 0 fully saturated rings. The summed E-state index contributed by atoms with van der Waals surface area (Å²) in [5.74, 6) is 3.58. The maximum atomic E-state index is 6.78. The van der Waals surface area contributed by atoms with Gasteiger partial charge in [0, 0.05) is 27.6 Å². The summed E-state index contributed by atoms with van der Waals surface area (Å²) >= 11 is 0. The Morgan fingerprint density at radius 2 is 1.21 bits per heavy atom. The maximum absolute atomic E-state index is 6.78. The normalized spacial score (nSPS) is 14.2. The summed E-state index contributed by atoms with van der Waals surface area (Å²) in [6.45, 7) is 6.94. The van der Waals surface area contributed by atoms with Gasteiger partial charge in [0.15, 0.2) is 0 Å². The molecule has 0 spiro atoms. The van der Waals surface area contributed by atoms with Crippen molar-refractivity contribution in [1.29, 1.82) is 0 Å². The number of ether oxygens (including phenoxy) is 2. The van der Waals surface area contributed by atoms with Crippen LogP contribution in [0.3, 0.4) is 0 Å². The average molecular weight is 618 g/mol. The molecule has 0 bridgehead atoms. The number of rotatable bonds is 3. The minimum Gasteiger partial charge on any atom is -0.458 e. The number of hydrogen-bond donors (Lipinski definition) is 0. The van der Waals surface area contributed by atoms with E-state index in [2.05, 4.69) is 159 Å². The molecule has 0 radical (unpaired) electrons. The number of hydrogen-bond acceptors (Lipinski definition) is 3. The van der Waals surface area contributed by atoms with E-state index in [0.29, 0.717) is 0 Å². The lowest BCUT2D eigenvalue weighted by Gasteiger charge is -2.39. The highest BCUT2D eigenvalue weighted by Crippen LogP contribution is 2.52. The molecule has 0 saturated heterocycles. The molecule has 4 heteroatoms. The van der Waals surface area contributed by atoms with Gasteiger partial charge in [0.2, 0.25) is 0 Å². The smallest absolute Gasteiger partial charge is 0.260 e. The van der Waals surface area contributed by atoms with Crippen molar-refractivity contribution in [3.8, 4) is 34.1 Å². The van der Waals surface area contributed by atoms with Crippen LogP contribution >= 0.6 is 0 Å². The van der Waals surface area contributed by atoms with Gasteiger partial charge in [-0.15, -0.1) is 0 Å². The van der Waals surface area contributed by atoms with Gasteiger partial charge in [-0.25, -0.2) is 0 Å². The van der Waals surface area contributed by atoms with Crippen molar-refractivity contribution in [3.63, 3.8) is 0 Å². The number of nitrogens with zero attached hydrogens (tertiary/aromatic N) is 1. The van der Waals surface area contributed by atoms with Gasteiger partial charge in [-0.05, 0) is 100 Å². The van der Waals surface area contributed by atoms with Gasteiger partial charge in [0.05, 0.1) is 5.69 Å². The first-order valence-corrected chi connectivity index (χ1v) is 16.7. The Hall–Kier alpha value is -5.74. The summed E-state index contributed by atoms with van der Waals surface area (Å²) in [7, 11) is 0. The van der Waals surface area contributed by atoms with Crippen LogP contribution in [0.25, 0.3) is 21.9 Å². The van der Waals surface area contributed by atoms with E-state index in [4.69, 9.17) is 9.47 Å². The Morgan fingerprint density at radius 1 is 0.542 bits per heavy atom. The zero-order valence-corrected chi connectivity index (χ0v) is 27.1. The van der Waals surface area contributed by atoms with E-state index in [-0.39, 0.29) is 12.1 Å². The van der Waals surface area contributed by atoms with Crippen molar-refractivity contribution < 1.29 is 9.47 Å². The zero-order valence-electron chi connectivity index (χ0n) is 27.1. The summed E-state index contributed by atoms with van der Waals surface area (Å²) in [6, 6.07) is 50.2.